The van der Waals surface area contributed by atoms with Crippen molar-refractivity contribution >= 4 is 28.8 Å². The smallest absolute Gasteiger partial charge is 0.322 e. The summed E-state index contributed by atoms with van der Waals surface area (Å²) in [6.45, 7) is 9.59. The molecule has 0 saturated heterocycles. The van der Waals surface area contributed by atoms with Gasteiger partial charge in [-0.25, -0.2) is 9.67 Å². The maximum atomic E-state index is 12.5. The van der Waals surface area contributed by atoms with E-state index in [-0.39, 0.29) is 11.5 Å². The number of hydrogen-bond acceptors (Lipinski definition) is 6. The van der Waals surface area contributed by atoms with E-state index >= 15 is 0 Å². The number of rotatable bonds is 5. The number of nitrogens with one attached hydrogen (secondary N) is 1. The highest BCUT2D eigenvalue weighted by atomic mass is 32.2. The van der Waals surface area contributed by atoms with Crippen LogP contribution in [-0.2, 0) is 9.53 Å². The molecule has 3 rings (SSSR count). The topological polar surface area (TPSA) is 89.9 Å². The van der Waals surface area contributed by atoms with Crippen LogP contribution in [0.2, 0.25) is 0 Å². The predicted molar refractivity (Wildman–Crippen MR) is 106 cm³/mol. The molecule has 7 nitrogen and oxygen atoms in total. The summed E-state index contributed by atoms with van der Waals surface area (Å²) in [6, 6.07) is 5.94. The van der Waals surface area contributed by atoms with Crippen molar-refractivity contribution < 1.29 is 9.53 Å². The third-order valence-corrected chi connectivity index (χ3v) is 5.33. The van der Waals surface area contributed by atoms with Gasteiger partial charge in [-0.15, -0.1) is 0 Å². The number of carbonyl (C=O) groups is 1. The van der Waals surface area contributed by atoms with Crippen molar-refractivity contribution in [1.82, 2.24) is 19.7 Å². The summed E-state index contributed by atoms with van der Waals surface area (Å²) in [5.74, 6) is -0.361. The molecule has 27 heavy (non-hydrogen) atoms. The van der Waals surface area contributed by atoms with E-state index in [0.29, 0.717) is 22.8 Å². The number of fused-ring (bicyclic) bond motifs is 1. The van der Waals surface area contributed by atoms with Crippen LogP contribution < -0.4 is 5.56 Å². The third kappa shape index (κ3) is 3.75. The lowest BCUT2D eigenvalue weighted by molar-refractivity contribution is -0.145. The lowest BCUT2D eigenvalue weighted by atomic mass is 10.1. The molecule has 2 heterocycles. The molecule has 0 amide bonds. The quantitative estimate of drug-likeness (QED) is 0.412. The maximum Gasteiger partial charge on any atom is 0.322 e. The number of benzene rings is 1. The average molecular weight is 386 g/mol. The van der Waals surface area contributed by atoms with E-state index in [0.717, 1.165) is 23.0 Å². The van der Waals surface area contributed by atoms with Crippen molar-refractivity contribution in [3.63, 3.8) is 0 Å². The Morgan fingerprint density at radius 3 is 2.70 bits per heavy atom. The standard InChI is InChI=1S/C19H22N4O3S/c1-6-26-17(25)19(4,5)27-18-21-15-14(16(24)22-18)10-20-23(15)13-8-7-11(2)12(3)9-13/h7-10H,6H2,1-5H3,(H,21,22,24). The molecule has 0 spiro atoms. The van der Waals surface area contributed by atoms with Gasteiger partial charge in [-0.05, 0) is 57.9 Å². The van der Waals surface area contributed by atoms with Crippen LogP contribution in [0.15, 0.2) is 34.3 Å². The van der Waals surface area contributed by atoms with Crippen LogP contribution in [0.4, 0.5) is 0 Å². The van der Waals surface area contributed by atoms with Crippen LogP contribution in [-0.4, -0.2) is 37.1 Å². The summed E-state index contributed by atoms with van der Waals surface area (Å²) in [6.07, 6.45) is 1.50. The third-order valence-electron chi connectivity index (χ3n) is 4.27. The van der Waals surface area contributed by atoms with Gasteiger partial charge in [-0.1, -0.05) is 17.8 Å². The minimum absolute atomic E-state index is 0.294. The fourth-order valence-electron chi connectivity index (χ4n) is 2.58. The molecule has 0 saturated carbocycles. The number of ether oxygens (including phenoxy) is 1. The van der Waals surface area contributed by atoms with Crippen molar-refractivity contribution in [1.29, 1.82) is 0 Å². The minimum Gasteiger partial charge on any atom is -0.465 e. The van der Waals surface area contributed by atoms with Gasteiger partial charge in [-0.3, -0.25) is 9.59 Å². The van der Waals surface area contributed by atoms with Gasteiger partial charge in [0.1, 0.15) is 10.1 Å². The van der Waals surface area contributed by atoms with Crippen molar-refractivity contribution in [2.75, 3.05) is 6.61 Å². The highest BCUT2D eigenvalue weighted by Crippen LogP contribution is 2.31. The zero-order chi connectivity index (χ0) is 19.8. The van der Waals surface area contributed by atoms with Gasteiger partial charge < -0.3 is 9.72 Å². The van der Waals surface area contributed by atoms with Crippen LogP contribution in [0.25, 0.3) is 16.7 Å². The van der Waals surface area contributed by atoms with Gasteiger partial charge in [0.2, 0.25) is 0 Å². The maximum absolute atomic E-state index is 12.5. The Labute approximate surface area is 161 Å². The first-order chi connectivity index (χ1) is 12.7. The molecule has 142 valence electrons. The molecule has 3 aromatic rings. The summed E-state index contributed by atoms with van der Waals surface area (Å²) in [5, 5.41) is 5.07. The molecule has 0 radical (unpaired) electrons. The minimum atomic E-state index is -0.884. The molecule has 0 bridgehead atoms. The Bertz CT molecular complexity index is 1070. The normalized spacial score (nSPS) is 11.7. The van der Waals surface area contributed by atoms with Gasteiger partial charge in [-0.2, -0.15) is 5.10 Å². The number of thioether (sulfide) groups is 1. The number of aromatic nitrogens is 4. The summed E-state index contributed by atoms with van der Waals surface area (Å²) < 4.78 is 5.86. The van der Waals surface area contributed by atoms with Crippen LogP contribution in [0.3, 0.4) is 0 Å². The Kier molecular flexibility index (Phi) is 5.10. The zero-order valence-electron chi connectivity index (χ0n) is 16.0. The fraction of sp³-hybridized carbons (Fsp3) is 0.368. The van der Waals surface area contributed by atoms with Gasteiger partial charge in [0.15, 0.2) is 10.8 Å². The molecule has 2 aromatic heterocycles. The number of hydrogen-bond donors (Lipinski definition) is 1. The highest BCUT2D eigenvalue weighted by molar-refractivity contribution is 8.01. The first kappa shape index (κ1) is 19.2. The first-order valence-corrected chi connectivity index (χ1v) is 9.46. The Morgan fingerprint density at radius 2 is 2.04 bits per heavy atom. The van der Waals surface area contributed by atoms with Crippen LogP contribution in [0.1, 0.15) is 31.9 Å². The van der Waals surface area contributed by atoms with E-state index in [9.17, 15) is 9.59 Å². The van der Waals surface area contributed by atoms with E-state index in [1.807, 2.05) is 32.0 Å². The van der Waals surface area contributed by atoms with Crippen LogP contribution in [0.5, 0.6) is 0 Å². The second kappa shape index (κ2) is 7.19. The molecular formula is C19H22N4O3S. The van der Waals surface area contributed by atoms with Crippen LogP contribution >= 0.6 is 11.8 Å². The molecule has 1 N–H and O–H groups in total. The summed E-state index contributed by atoms with van der Waals surface area (Å²) in [4.78, 5) is 31.9. The Hall–Kier alpha value is -2.61. The monoisotopic (exact) mass is 386 g/mol. The van der Waals surface area contributed by atoms with E-state index in [4.69, 9.17) is 4.74 Å². The predicted octanol–water partition coefficient (Wildman–Crippen LogP) is 3.16. The molecule has 0 fully saturated rings. The zero-order valence-corrected chi connectivity index (χ0v) is 16.8. The number of aryl methyl sites for hydroxylation is 2. The first-order valence-electron chi connectivity index (χ1n) is 8.65. The number of carbonyl (C=O) groups excluding carboxylic acids is 1. The molecule has 0 aliphatic carbocycles. The number of H-pyrrole nitrogens is 1. The van der Waals surface area contributed by atoms with Crippen molar-refractivity contribution in [2.24, 2.45) is 0 Å². The summed E-state index contributed by atoms with van der Waals surface area (Å²) >= 11 is 1.15. The van der Waals surface area contributed by atoms with Crippen molar-refractivity contribution in [3.05, 3.63) is 45.9 Å². The number of nitrogens with zero attached hydrogens (tertiary/aromatic N) is 3. The molecule has 1 aromatic carbocycles. The highest BCUT2D eigenvalue weighted by Gasteiger charge is 2.32. The fourth-order valence-corrected chi connectivity index (χ4v) is 3.48. The summed E-state index contributed by atoms with van der Waals surface area (Å²) in [7, 11) is 0. The van der Waals surface area contributed by atoms with Gasteiger partial charge in [0, 0.05) is 0 Å². The lowest BCUT2D eigenvalue weighted by Crippen LogP contribution is -2.30. The van der Waals surface area contributed by atoms with E-state index in [1.54, 1.807) is 25.5 Å². The molecular weight excluding hydrogens is 364 g/mol. The molecule has 0 aliphatic rings. The Morgan fingerprint density at radius 1 is 1.30 bits per heavy atom. The second-order valence-corrected chi connectivity index (χ2v) is 8.38. The summed E-state index contributed by atoms with van der Waals surface area (Å²) in [5.41, 5.74) is 3.28. The van der Waals surface area contributed by atoms with Crippen molar-refractivity contribution in [3.8, 4) is 5.69 Å². The molecule has 0 unspecified atom stereocenters. The second-order valence-electron chi connectivity index (χ2n) is 6.77. The largest absolute Gasteiger partial charge is 0.465 e. The van der Waals surface area contributed by atoms with Gasteiger partial charge in [0.25, 0.3) is 5.56 Å². The average Bonchev–Trinajstić information content (AvgIpc) is 3.01. The van der Waals surface area contributed by atoms with E-state index in [2.05, 4.69) is 15.1 Å². The van der Waals surface area contributed by atoms with Gasteiger partial charge in [0.05, 0.1) is 18.5 Å². The molecule has 8 heteroatoms. The molecule has 0 aliphatic heterocycles. The van der Waals surface area contributed by atoms with Crippen molar-refractivity contribution in [2.45, 2.75) is 44.5 Å². The van der Waals surface area contributed by atoms with E-state index in [1.165, 1.54) is 11.8 Å². The molecule has 0 atom stereocenters. The SMILES string of the molecule is CCOC(=O)C(C)(C)Sc1nc2c(cnn2-c2ccc(C)c(C)c2)c(=O)[nH]1. The van der Waals surface area contributed by atoms with Gasteiger partial charge >= 0.3 is 5.97 Å². The van der Waals surface area contributed by atoms with Crippen LogP contribution in [0, 0.1) is 13.8 Å². The number of esters is 1. The van der Waals surface area contributed by atoms with E-state index < -0.39 is 4.75 Å². The Balaban J connectivity index is 2.06. The number of aromatic amines is 1. The lowest BCUT2D eigenvalue weighted by Gasteiger charge is -2.20.